The van der Waals surface area contributed by atoms with Gasteiger partial charge in [-0.2, -0.15) is 0 Å². The average Bonchev–Trinajstić information content (AvgIpc) is 3.31. The van der Waals surface area contributed by atoms with Gasteiger partial charge in [0.25, 0.3) is 0 Å². The summed E-state index contributed by atoms with van der Waals surface area (Å²) >= 11 is 0. The summed E-state index contributed by atoms with van der Waals surface area (Å²) in [4.78, 5) is 38.1. The van der Waals surface area contributed by atoms with Crippen LogP contribution in [0.2, 0.25) is 0 Å². The van der Waals surface area contributed by atoms with Crippen LogP contribution in [0, 0.1) is 0 Å². The zero-order valence-electron chi connectivity index (χ0n) is 44.2. The number of ether oxygens (including phenoxy) is 3. The van der Waals surface area contributed by atoms with Crippen LogP contribution in [0.3, 0.4) is 0 Å². The lowest BCUT2D eigenvalue weighted by Gasteiger charge is -2.18. The Morgan fingerprint density at radius 1 is 0.303 bits per heavy atom. The third-order valence-electron chi connectivity index (χ3n) is 12.9. The fourth-order valence-corrected chi connectivity index (χ4v) is 8.48. The Kier molecular flexibility index (Phi) is 53.2. The molecular formula is C60H110O6. The van der Waals surface area contributed by atoms with Crippen LogP contribution < -0.4 is 0 Å². The molecule has 0 rings (SSSR count). The predicted molar refractivity (Wildman–Crippen MR) is 284 cm³/mol. The van der Waals surface area contributed by atoms with Gasteiger partial charge in [0.1, 0.15) is 13.2 Å². The number of unbranched alkanes of at least 4 members (excludes halogenated alkanes) is 37. The molecule has 6 heteroatoms. The van der Waals surface area contributed by atoms with Gasteiger partial charge < -0.3 is 14.2 Å². The Morgan fingerprint density at radius 2 is 0.561 bits per heavy atom. The van der Waals surface area contributed by atoms with Gasteiger partial charge in [-0.25, -0.2) is 0 Å². The monoisotopic (exact) mass is 927 g/mol. The van der Waals surface area contributed by atoms with E-state index < -0.39 is 6.10 Å². The molecule has 0 aromatic heterocycles. The molecule has 0 spiro atoms. The van der Waals surface area contributed by atoms with Gasteiger partial charge in [-0.15, -0.1) is 0 Å². The number of carbonyl (C=O) groups is 3. The molecule has 1 unspecified atom stereocenters. The van der Waals surface area contributed by atoms with E-state index in [1.165, 1.54) is 186 Å². The van der Waals surface area contributed by atoms with Crippen LogP contribution in [0.15, 0.2) is 36.5 Å². The second kappa shape index (κ2) is 55.2. The first kappa shape index (κ1) is 63.6. The second-order valence-electron chi connectivity index (χ2n) is 19.6. The summed E-state index contributed by atoms with van der Waals surface area (Å²) < 4.78 is 16.8. The number of esters is 3. The Balaban J connectivity index is 4.32. The smallest absolute Gasteiger partial charge is 0.306 e. The highest BCUT2D eigenvalue weighted by Crippen LogP contribution is 2.16. The van der Waals surface area contributed by atoms with Crippen molar-refractivity contribution in [1.82, 2.24) is 0 Å². The molecule has 0 fully saturated rings. The van der Waals surface area contributed by atoms with Gasteiger partial charge in [0.15, 0.2) is 6.10 Å². The lowest BCUT2D eigenvalue weighted by Crippen LogP contribution is -2.30. The molecule has 0 aromatic carbocycles. The number of carbonyl (C=O) groups excluding carboxylic acids is 3. The predicted octanol–water partition coefficient (Wildman–Crippen LogP) is 19.3. The van der Waals surface area contributed by atoms with Crippen molar-refractivity contribution >= 4 is 17.9 Å². The molecule has 0 radical (unpaired) electrons. The van der Waals surface area contributed by atoms with Crippen molar-refractivity contribution < 1.29 is 28.6 Å². The number of hydrogen-bond donors (Lipinski definition) is 0. The molecule has 0 aromatic rings. The van der Waals surface area contributed by atoms with Crippen molar-refractivity contribution in [3.05, 3.63) is 36.5 Å². The van der Waals surface area contributed by atoms with E-state index in [4.69, 9.17) is 14.2 Å². The SMILES string of the molecule is CCCC/C=C\CCCCCCCC(=O)OCC(COC(=O)CCCCCCCCCCCCCCCCCCCCC)OC(=O)CCCCCCC/C=C\C=C/CCCCCCCCC. The van der Waals surface area contributed by atoms with Crippen molar-refractivity contribution in [2.45, 2.75) is 316 Å². The van der Waals surface area contributed by atoms with Gasteiger partial charge in [0.2, 0.25) is 0 Å². The van der Waals surface area contributed by atoms with Gasteiger partial charge in [-0.1, -0.05) is 263 Å². The maximum Gasteiger partial charge on any atom is 0.306 e. The zero-order chi connectivity index (χ0) is 47.9. The first-order valence-corrected chi connectivity index (χ1v) is 29.0. The van der Waals surface area contributed by atoms with Gasteiger partial charge in [0, 0.05) is 19.3 Å². The zero-order valence-corrected chi connectivity index (χ0v) is 44.2. The summed E-state index contributed by atoms with van der Waals surface area (Å²) in [6.45, 7) is 6.62. The van der Waals surface area contributed by atoms with Crippen molar-refractivity contribution in [2.24, 2.45) is 0 Å². The van der Waals surface area contributed by atoms with Gasteiger partial charge in [-0.05, 0) is 64.2 Å². The Bertz CT molecular complexity index is 1110. The first-order chi connectivity index (χ1) is 32.5. The summed E-state index contributed by atoms with van der Waals surface area (Å²) in [6.07, 6.45) is 65.7. The van der Waals surface area contributed by atoms with Gasteiger partial charge in [-0.3, -0.25) is 14.4 Å². The molecular weight excluding hydrogens is 817 g/mol. The van der Waals surface area contributed by atoms with E-state index in [0.717, 1.165) is 83.5 Å². The van der Waals surface area contributed by atoms with Crippen LogP contribution in [0.1, 0.15) is 310 Å². The molecule has 0 saturated carbocycles. The van der Waals surface area contributed by atoms with Gasteiger partial charge >= 0.3 is 17.9 Å². The van der Waals surface area contributed by atoms with E-state index in [2.05, 4.69) is 57.2 Å². The molecule has 0 bridgehead atoms. The topological polar surface area (TPSA) is 78.9 Å². The standard InChI is InChI=1S/C60H110O6/c1-4-7-10-13-16-19-22-24-26-28-30-32-33-35-38-41-44-47-50-53-59(62)65-56-57(55-64-58(61)52-49-46-43-40-37-21-18-15-12-9-6-3)66-60(63)54-51-48-45-42-39-36-34-31-29-27-25-23-20-17-14-11-8-5-2/h15,18,27,29,31,34,57H,4-14,16-17,19-26,28,30,32-33,35-56H2,1-3H3/b18-15-,29-27-,34-31-. The highest BCUT2D eigenvalue weighted by Gasteiger charge is 2.19. The van der Waals surface area contributed by atoms with E-state index in [-0.39, 0.29) is 31.1 Å². The van der Waals surface area contributed by atoms with Crippen LogP contribution >= 0.6 is 0 Å². The normalized spacial score (nSPS) is 12.2. The fourth-order valence-electron chi connectivity index (χ4n) is 8.48. The number of allylic oxidation sites excluding steroid dienone is 6. The number of hydrogen-bond acceptors (Lipinski definition) is 6. The largest absolute Gasteiger partial charge is 0.462 e. The van der Waals surface area contributed by atoms with Crippen LogP contribution in [0.25, 0.3) is 0 Å². The third-order valence-corrected chi connectivity index (χ3v) is 12.9. The maximum absolute atomic E-state index is 12.8. The maximum atomic E-state index is 12.8. The summed E-state index contributed by atoms with van der Waals surface area (Å²) in [5, 5.41) is 0. The summed E-state index contributed by atoms with van der Waals surface area (Å²) in [7, 11) is 0. The van der Waals surface area contributed by atoms with Crippen molar-refractivity contribution in [3.63, 3.8) is 0 Å². The van der Waals surface area contributed by atoms with Crippen LogP contribution in [0.5, 0.6) is 0 Å². The van der Waals surface area contributed by atoms with Crippen LogP contribution in [-0.4, -0.2) is 37.2 Å². The van der Waals surface area contributed by atoms with Crippen molar-refractivity contribution in [2.75, 3.05) is 13.2 Å². The fraction of sp³-hybridized carbons (Fsp3) is 0.850. The highest BCUT2D eigenvalue weighted by molar-refractivity contribution is 5.71. The molecule has 0 saturated heterocycles. The Labute approximate surface area is 410 Å². The van der Waals surface area contributed by atoms with Crippen LogP contribution in [-0.2, 0) is 28.6 Å². The van der Waals surface area contributed by atoms with E-state index in [9.17, 15) is 14.4 Å². The minimum atomic E-state index is -0.780. The summed E-state index contributed by atoms with van der Waals surface area (Å²) in [6, 6.07) is 0. The Morgan fingerprint density at radius 3 is 0.894 bits per heavy atom. The molecule has 0 amide bonds. The molecule has 0 aliphatic heterocycles. The molecule has 0 aliphatic rings. The summed E-state index contributed by atoms with van der Waals surface area (Å²) in [5.41, 5.74) is 0. The highest BCUT2D eigenvalue weighted by atomic mass is 16.6. The molecule has 66 heavy (non-hydrogen) atoms. The molecule has 386 valence electrons. The Hall–Kier alpha value is -2.37. The molecule has 6 nitrogen and oxygen atoms in total. The van der Waals surface area contributed by atoms with E-state index in [0.29, 0.717) is 19.3 Å². The number of rotatable bonds is 53. The van der Waals surface area contributed by atoms with Crippen molar-refractivity contribution in [3.8, 4) is 0 Å². The average molecular weight is 928 g/mol. The lowest BCUT2D eigenvalue weighted by atomic mass is 10.0. The summed E-state index contributed by atoms with van der Waals surface area (Å²) in [5.74, 6) is -0.887. The molecule has 0 N–H and O–H groups in total. The van der Waals surface area contributed by atoms with Crippen LogP contribution in [0.4, 0.5) is 0 Å². The first-order valence-electron chi connectivity index (χ1n) is 29.0. The van der Waals surface area contributed by atoms with Gasteiger partial charge in [0.05, 0.1) is 0 Å². The van der Waals surface area contributed by atoms with E-state index >= 15 is 0 Å². The molecule has 0 heterocycles. The quantitative estimate of drug-likeness (QED) is 0.0199. The molecule has 1 atom stereocenters. The van der Waals surface area contributed by atoms with E-state index in [1.807, 2.05) is 0 Å². The van der Waals surface area contributed by atoms with Crippen molar-refractivity contribution in [1.29, 1.82) is 0 Å². The minimum Gasteiger partial charge on any atom is -0.462 e. The second-order valence-corrected chi connectivity index (χ2v) is 19.6. The minimum absolute atomic E-state index is 0.0777. The van der Waals surface area contributed by atoms with E-state index in [1.54, 1.807) is 0 Å². The lowest BCUT2D eigenvalue weighted by molar-refractivity contribution is -0.167. The third kappa shape index (κ3) is 52.6. The molecule has 0 aliphatic carbocycles.